The van der Waals surface area contributed by atoms with Crippen molar-refractivity contribution in [1.82, 2.24) is 0 Å². The van der Waals surface area contributed by atoms with Gasteiger partial charge in [0.05, 0.1) is 4.90 Å². The van der Waals surface area contributed by atoms with Crippen LogP contribution in [0.5, 0.6) is 0 Å². The minimum absolute atomic E-state index is 0.273. The van der Waals surface area contributed by atoms with Gasteiger partial charge in [0.25, 0.3) is 0 Å². The summed E-state index contributed by atoms with van der Waals surface area (Å²) in [7, 11) is -3.64. The Balaban J connectivity index is 2.20. The van der Waals surface area contributed by atoms with Gasteiger partial charge in [-0.1, -0.05) is 42.5 Å². The maximum Gasteiger partial charge on any atom is 0.239 e. The second kappa shape index (κ2) is 5.69. The largest absolute Gasteiger partial charge is 0.239 e. The maximum atomic E-state index is 11.5. The van der Waals surface area contributed by atoms with Crippen molar-refractivity contribution in [1.29, 1.82) is 0 Å². The normalized spacial score (nSPS) is 12.1. The van der Waals surface area contributed by atoms with E-state index in [0.717, 1.165) is 16.0 Å². The Morgan fingerprint density at radius 1 is 1.26 bits per heavy atom. The van der Waals surface area contributed by atoms with Crippen LogP contribution in [0.15, 0.2) is 46.7 Å². The molecule has 0 saturated heterocycles. The molecule has 1 aromatic heterocycles. The van der Waals surface area contributed by atoms with Crippen molar-refractivity contribution < 1.29 is 8.42 Å². The first-order valence-electron chi connectivity index (χ1n) is 5.80. The van der Waals surface area contributed by atoms with Gasteiger partial charge < -0.3 is 0 Å². The molecule has 0 spiro atoms. The molecule has 100 valence electrons. The van der Waals surface area contributed by atoms with E-state index in [-0.39, 0.29) is 4.90 Å². The van der Waals surface area contributed by atoms with E-state index in [1.807, 2.05) is 47.9 Å². The van der Waals surface area contributed by atoms with E-state index < -0.39 is 10.0 Å². The van der Waals surface area contributed by atoms with Crippen molar-refractivity contribution in [2.45, 2.75) is 18.2 Å². The number of benzene rings is 1. The highest BCUT2D eigenvalue weighted by atomic mass is 32.2. The number of sulfonamides is 1. The second-order valence-electron chi connectivity index (χ2n) is 4.23. The van der Waals surface area contributed by atoms with Crippen molar-refractivity contribution >= 4 is 27.4 Å². The molecule has 2 N–H and O–H groups in total. The van der Waals surface area contributed by atoms with Crippen LogP contribution in [-0.4, -0.2) is 8.42 Å². The summed E-state index contributed by atoms with van der Waals surface area (Å²) in [4.78, 5) is 1.06. The number of nitrogens with two attached hydrogens (primary N) is 1. The first-order chi connectivity index (χ1) is 8.98. The quantitative estimate of drug-likeness (QED) is 0.942. The summed E-state index contributed by atoms with van der Waals surface area (Å²) in [6, 6.07) is 9.88. The van der Waals surface area contributed by atoms with Crippen molar-refractivity contribution in [3.8, 4) is 0 Å². The zero-order valence-corrected chi connectivity index (χ0v) is 12.2. The summed E-state index contributed by atoms with van der Waals surface area (Å²) in [5.74, 6) is 0. The highest BCUT2D eigenvalue weighted by Gasteiger charge is 2.17. The van der Waals surface area contributed by atoms with E-state index in [4.69, 9.17) is 5.14 Å². The molecule has 2 aromatic rings. The topological polar surface area (TPSA) is 60.2 Å². The first kappa shape index (κ1) is 14.0. The average molecular weight is 293 g/mol. The Morgan fingerprint density at radius 3 is 2.58 bits per heavy atom. The summed E-state index contributed by atoms with van der Waals surface area (Å²) in [5.41, 5.74) is 1.81. The lowest BCUT2D eigenvalue weighted by Gasteiger charge is -2.00. The third-order valence-electron chi connectivity index (χ3n) is 2.69. The zero-order valence-electron chi connectivity index (χ0n) is 10.5. The van der Waals surface area contributed by atoms with Gasteiger partial charge in [0.1, 0.15) is 0 Å². The number of allylic oxidation sites excluding steroid dienone is 1. The Bertz CT molecular complexity index is 685. The number of aryl methyl sites for hydroxylation is 1. The molecule has 0 fully saturated rings. The van der Waals surface area contributed by atoms with Crippen molar-refractivity contribution in [3.63, 3.8) is 0 Å². The molecule has 0 aliphatic carbocycles. The Morgan fingerprint density at radius 2 is 1.95 bits per heavy atom. The predicted octanol–water partition coefficient (Wildman–Crippen LogP) is 2.96. The summed E-state index contributed by atoms with van der Waals surface area (Å²) in [6.07, 6.45) is 4.50. The highest BCUT2D eigenvalue weighted by Crippen LogP contribution is 2.26. The van der Waals surface area contributed by atoms with Crippen LogP contribution in [0.4, 0.5) is 0 Å². The molecule has 1 aromatic carbocycles. The van der Waals surface area contributed by atoms with Crippen LogP contribution in [0.1, 0.15) is 16.0 Å². The number of rotatable bonds is 4. The lowest BCUT2D eigenvalue weighted by atomic mass is 10.2. The van der Waals surface area contributed by atoms with E-state index in [2.05, 4.69) is 0 Å². The number of primary sulfonamides is 1. The van der Waals surface area contributed by atoms with E-state index in [9.17, 15) is 8.42 Å². The lowest BCUT2D eigenvalue weighted by molar-refractivity contribution is 0.597. The first-order valence-corrected chi connectivity index (χ1v) is 8.22. The van der Waals surface area contributed by atoms with Crippen LogP contribution in [0.2, 0.25) is 0 Å². The molecule has 0 bridgehead atoms. The third-order valence-corrected chi connectivity index (χ3v) is 5.08. The predicted molar refractivity (Wildman–Crippen MR) is 79.6 cm³/mol. The molecule has 0 amide bonds. The molecule has 0 aliphatic heterocycles. The number of thiophene rings is 1. The fourth-order valence-corrected chi connectivity index (χ4v) is 4.25. The zero-order chi connectivity index (χ0) is 13.9. The molecule has 19 heavy (non-hydrogen) atoms. The minimum Gasteiger partial charge on any atom is -0.225 e. The van der Waals surface area contributed by atoms with E-state index in [0.29, 0.717) is 6.42 Å². The van der Waals surface area contributed by atoms with E-state index in [1.54, 1.807) is 6.92 Å². The van der Waals surface area contributed by atoms with Crippen molar-refractivity contribution in [2.75, 3.05) is 0 Å². The molecule has 5 heteroatoms. The van der Waals surface area contributed by atoms with Crippen LogP contribution < -0.4 is 5.14 Å². The summed E-state index contributed by atoms with van der Waals surface area (Å²) in [6.45, 7) is 1.76. The van der Waals surface area contributed by atoms with Crippen LogP contribution in [-0.2, 0) is 16.4 Å². The molecule has 3 nitrogen and oxygen atoms in total. The molecule has 0 aliphatic rings. The molecule has 2 rings (SSSR count). The number of hydrogen-bond donors (Lipinski definition) is 1. The van der Waals surface area contributed by atoms with Crippen LogP contribution in [0.25, 0.3) is 6.08 Å². The lowest BCUT2D eigenvalue weighted by Crippen LogP contribution is -2.14. The van der Waals surface area contributed by atoms with Gasteiger partial charge in [0, 0.05) is 11.3 Å². The standard InChI is InChI=1S/C14H15NO2S2/c1-11-10-18-13(14(11)19(15,16)17)9-5-8-12-6-3-2-4-7-12/h2-8,10H,9H2,1H3,(H2,15,16,17). The average Bonchev–Trinajstić information content (AvgIpc) is 2.72. The van der Waals surface area contributed by atoms with Gasteiger partial charge in [-0.25, -0.2) is 13.6 Å². The van der Waals surface area contributed by atoms with Crippen molar-refractivity contribution in [2.24, 2.45) is 5.14 Å². The fourth-order valence-electron chi connectivity index (χ4n) is 1.88. The molecule has 0 saturated carbocycles. The molecular weight excluding hydrogens is 278 g/mol. The van der Waals surface area contributed by atoms with Gasteiger partial charge >= 0.3 is 0 Å². The van der Waals surface area contributed by atoms with E-state index >= 15 is 0 Å². The minimum atomic E-state index is -3.64. The van der Waals surface area contributed by atoms with Gasteiger partial charge in [-0.2, -0.15) is 0 Å². The van der Waals surface area contributed by atoms with Gasteiger partial charge in [-0.15, -0.1) is 11.3 Å². The third kappa shape index (κ3) is 3.53. The monoisotopic (exact) mass is 293 g/mol. The van der Waals surface area contributed by atoms with Crippen LogP contribution in [0.3, 0.4) is 0 Å². The molecule has 1 heterocycles. The fraction of sp³-hybridized carbons (Fsp3) is 0.143. The van der Waals surface area contributed by atoms with Crippen LogP contribution >= 0.6 is 11.3 Å². The number of hydrogen-bond acceptors (Lipinski definition) is 3. The molecular formula is C14H15NO2S2. The smallest absolute Gasteiger partial charge is 0.225 e. The summed E-state index contributed by atoms with van der Waals surface area (Å²) >= 11 is 1.43. The summed E-state index contributed by atoms with van der Waals surface area (Å²) < 4.78 is 23.1. The highest BCUT2D eigenvalue weighted by molar-refractivity contribution is 7.89. The van der Waals surface area contributed by atoms with E-state index in [1.165, 1.54) is 11.3 Å². The van der Waals surface area contributed by atoms with Gasteiger partial charge in [-0.05, 0) is 23.4 Å². The van der Waals surface area contributed by atoms with Crippen molar-refractivity contribution in [3.05, 3.63) is 57.8 Å². The Labute approximate surface area is 117 Å². The van der Waals surface area contributed by atoms with Gasteiger partial charge in [0.2, 0.25) is 10.0 Å². The molecule has 0 unspecified atom stereocenters. The van der Waals surface area contributed by atoms with Gasteiger partial charge in [-0.3, -0.25) is 0 Å². The molecule has 0 atom stereocenters. The maximum absolute atomic E-state index is 11.5. The Kier molecular flexibility index (Phi) is 4.19. The SMILES string of the molecule is Cc1csc(CC=Cc2ccccc2)c1S(N)(=O)=O. The van der Waals surface area contributed by atoms with Crippen LogP contribution in [0, 0.1) is 6.92 Å². The Hall–Kier alpha value is -1.43. The summed E-state index contributed by atoms with van der Waals surface area (Å²) in [5, 5.41) is 7.07. The second-order valence-corrected chi connectivity index (χ2v) is 6.70. The van der Waals surface area contributed by atoms with Gasteiger partial charge in [0.15, 0.2) is 0 Å². The molecule has 0 radical (unpaired) electrons.